The number of ether oxygens (including phenoxy) is 3. The summed E-state index contributed by atoms with van der Waals surface area (Å²) in [6, 6.07) is -0.568. The molecule has 15 heteroatoms. The number of aliphatic hydroxyl groups is 1. The Kier molecular flexibility index (Phi) is 13.4. The van der Waals surface area contributed by atoms with Crippen LogP contribution < -0.4 is 19.3 Å². The maximum absolute atomic E-state index is 15.7. The number of carbonyl (C=O) groups is 3. The van der Waals surface area contributed by atoms with Crippen LogP contribution in [0.4, 0.5) is 16.4 Å². The van der Waals surface area contributed by atoms with Gasteiger partial charge in [0.05, 0.1) is 24.8 Å². The van der Waals surface area contributed by atoms with Gasteiger partial charge in [-0.1, -0.05) is 54.4 Å². The molecule has 0 aliphatic heterocycles. The molecule has 0 aromatic carbocycles. The number of hydrogen-bond donors (Lipinski definition) is 1. The van der Waals surface area contributed by atoms with Crippen molar-refractivity contribution in [3.63, 3.8) is 0 Å². The molecule has 2 aromatic rings. The molecule has 14 nitrogen and oxygen atoms in total. The molecule has 328 valence electrons. The van der Waals surface area contributed by atoms with Crippen LogP contribution in [0.2, 0.25) is 18.1 Å². The summed E-state index contributed by atoms with van der Waals surface area (Å²) in [5.74, 6) is -1.39. The number of aromatic nitrogens is 2. The van der Waals surface area contributed by atoms with E-state index in [0.29, 0.717) is 49.4 Å². The van der Waals surface area contributed by atoms with E-state index in [0.717, 1.165) is 19.3 Å². The first-order chi connectivity index (χ1) is 27.5. The molecular weight excluding hydrogens is 771 g/mol. The van der Waals surface area contributed by atoms with Crippen molar-refractivity contribution in [3.05, 3.63) is 33.8 Å². The number of allylic oxidation sites excluding steroid dienone is 1. The Bertz CT molecular complexity index is 1940. The summed E-state index contributed by atoms with van der Waals surface area (Å²) >= 11 is 0. The molecule has 3 aliphatic rings. The summed E-state index contributed by atoms with van der Waals surface area (Å²) in [6.07, 6.45) is 3.69. The lowest BCUT2D eigenvalue weighted by atomic mass is 9.58. The highest BCUT2D eigenvalue weighted by atomic mass is 28.4. The molecule has 0 saturated heterocycles. The zero-order chi connectivity index (χ0) is 44.0. The Labute approximate surface area is 352 Å². The molecule has 1 N–H and O–H groups in total. The van der Waals surface area contributed by atoms with Gasteiger partial charge >= 0.3 is 6.09 Å². The number of Topliss-reactive ketones (excluding diaryl/α,β-unsaturated/α-hetero) is 2. The Hall–Kier alpha value is -3.95. The Morgan fingerprint density at radius 1 is 0.932 bits per heavy atom. The minimum absolute atomic E-state index is 0.0540. The van der Waals surface area contributed by atoms with Gasteiger partial charge in [-0.25, -0.2) is 9.78 Å². The maximum atomic E-state index is 15.7. The van der Waals surface area contributed by atoms with E-state index in [1.54, 1.807) is 20.8 Å². The molecule has 0 unspecified atom stereocenters. The topological polar surface area (TPSA) is 157 Å². The van der Waals surface area contributed by atoms with Gasteiger partial charge in [-0.15, -0.1) is 0 Å². The molecule has 2 heterocycles. The van der Waals surface area contributed by atoms with E-state index in [1.807, 2.05) is 71.9 Å². The van der Waals surface area contributed by atoms with Crippen LogP contribution in [0, 0.1) is 11.8 Å². The van der Waals surface area contributed by atoms with Gasteiger partial charge in [-0.3, -0.25) is 19.4 Å². The quantitative estimate of drug-likeness (QED) is 0.134. The number of anilines is 2. The Morgan fingerprint density at radius 3 is 2.10 bits per heavy atom. The van der Waals surface area contributed by atoms with Gasteiger partial charge in [0.25, 0.3) is 5.88 Å². The SMILES string of the molecule is CCCCOc1noc2c1C(=O)[C@@]1(O[Si](C)(C)C(C)(C)C)C(O)=C3C(=O)c4c(c(N(C)C)nc(N(CCC)C(=O)OC(C)(C)C)c4OCCCC)C[C@H]3C[C@H]1[C@@H]2N(C)C. The van der Waals surface area contributed by atoms with Crippen molar-refractivity contribution in [2.75, 3.05) is 57.7 Å². The van der Waals surface area contributed by atoms with Gasteiger partial charge < -0.3 is 33.2 Å². The highest BCUT2D eigenvalue weighted by molar-refractivity contribution is 6.74. The number of nitrogens with zero attached hydrogens (tertiary/aromatic N) is 5. The van der Waals surface area contributed by atoms with Crippen LogP contribution in [-0.4, -0.2) is 105 Å². The van der Waals surface area contributed by atoms with Gasteiger partial charge in [-0.2, -0.15) is 0 Å². The third-order valence-electron chi connectivity index (χ3n) is 12.1. The average Bonchev–Trinajstić information content (AvgIpc) is 3.53. The lowest BCUT2D eigenvalue weighted by Gasteiger charge is -2.55. The summed E-state index contributed by atoms with van der Waals surface area (Å²) in [4.78, 5) is 55.5. The Balaban J connectivity index is 1.85. The number of rotatable bonds is 15. The standard InChI is InChI=1S/C44H69N5O9Si/c1-16-19-22-54-35-30-27(38(48(12)13)45-39(35)49(21-18-3)41(53)56-42(4,5)6)24-26-25-28-32(47(10)11)34-31(40(46-57-34)55-23-20-17-2)37(52)44(28,36(51)29(26)33(30)50)58-59(14,15)43(7,8)9/h26,28,32,51H,16-25H2,1-15H3/t26-,28-,32-,44-/m0/s1. The van der Waals surface area contributed by atoms with Crippen LogP contribution in [0.5, 0.6) is 11.6 Å². The smallest absolute Gasteiger partial charge is 0.416 e. The Morgan fingerprint density at radius 2 is 1.56 bits per heavy atom. The number of amides is 1. The molecule has 5 rings (SSSR count). The highest BCUT2D eigenvalue weighted by Crippen LogP contribution is 2.60. The van der Waals surface area contributed by atoms with Gasteiger partial charge in [0.15, 0.2) is 37.0 Å². The number of unbranched alkanes of at least 4 members (excludes halogenated alkanes) is 2. The molecule has 2 aromatic heterocycles. The summed E-state index contributed by atoms with van der Waals surface area (Å²) in [7, 11) is 4.59. The van der Waals surface area contributed by atoms with Crippen molar-refractivity contribution in [3.8, 4) is 11.6 Å². The second kappa shape index (κ2) is 17.2. The summed E-state index contributed by atoms with van der Waals surface area (Å²) in [5, 5.41) is 17.0. The molecule has 59 heavy (non-hydrogen) atoms. The first kappa shape index (κ1) is 46.1. The van der Waals surface area contributed by atoms with Crippen molar-refractivity contribution in [2.45, 2.75) is 143 Å². The molecule has 4 atom stereocenters. The van der Waals surface area contributed by atoms with Crippen LogP contribution in [-0.2, 0) is 15.6 Å². The van der Waals surface area contributed by atoms with Crippen molar-refractivity contribution < 1.29 is 42.6 Å². The van der Waals surface area contributed by atoms with E-state index in [2.05, 4.69) is 25.9 Å². The van der Waals surface area contributed by atoms with Crippen LogP contribution in [0.15, 0.2) is 15.9 Å². The average molecular weight is 840 g/mol. The number of ketones is 2. The number of aliphatic hydroxyl groups excluding tert-OH is 1. The number of pyridine rings is 1. The van der Waals surface area contributed by atoms with Crippen LogP contribution in [0.3, 0.4) is 0 Å². The molecular formula is C44H69N5O9Si. The molecule has 0 fully saturated rings. The largest absolute Gasteiger partial charge is 0.508 e. The third kappa shape index (κ3) is 8.40. The van der Waals surface area contributed by atoms with Gasteiger partial charge in [0, 0.05) is 37.7 Å². The van der Waals surface area contributed by atoms with E-state index in [4.69, 9.17) is 28.1 Å². The second-order valence-electron chi connectivity index (χ2n) is 19.3. The van der Waals surface area contributed by atoms with E-state index < -0.39 is 60.8 Å². The van der Waals surface area contributed by atoms with Crippen LogP contribution >= 0.6 is 0 Å². The predicted molar refractivity (Wildman–Crippen MR) is 231 cm³/mol. The van der Waals surface area contributed by atoms with E-state index >= 15 is 9.59 Å². The molecule has 0 radical (unpaired) electrons. The lowest BCUT2D eigenvalue weighted by molar-refractivity contribution is -0.0480. The molecule has 0 spiro atoms. The first-order valence-corrected chi connectivity index (χ1v) is 24.3. The van der Waals surface area contributed by atoms with Crippen LogP contribution in [0.25, 0.3) is 0 Å². The highest BCUT2D eigenvalue weighted by Gasteiger charge is 2.67. The molecule has 3 aliphatic carbocycles. The van der Waals surface area contributed by atoms with Gasteiger partial charge in [0.2, 0.25) is 5.78 Å². The number of fused-ring (bicyclic) bond motifs is 4. The van der Waals surface area contributed by atoms with Gasteiger partial charge in [-0.05, 0) is 96.2 Å². The molecule has 1 amide bonds. The van der Waals surface area contributed by atoms with Gasteiger partial charge in [0.1, 0.15) is 22.7 Å². The minimum Gasteiger partial charge on any atom is -0.508 e. The van der Waals surface area contributed by atoms with E-state index in [-0.39, 0.29) is 52.3 Å². The fourth-order valence-electron chi connectivity index (χ4n) is 8.29. The number of carbonyl (C=O) groups excluding carboxylic acids is 3. The first-order valence-electron chi connectivity index (χ1n) is 21.4. The summed E-state index contributed by atoms with van der Waals surface area (Å²) in [6.45, 7) is 22.6. The third-order valence-corrected chi connectivity index (χ3v) is 16.6. The van der Waals surface area contributed by atoms with Crippen molar-refractivity contribution >= 4 is 37.6 Å². The monoisotopic (exact) mass is 839 g/mol. The van der Waals surface area contributed by atoms with Crippen molar-refractivity contribution in [1.29, 1.82) is 0 Å². The maximum Gasteiger partial charge on any atom is 0.416 e. The summed E-state index contributed by atoms with van der Waals surface area (Å²) in [5.41, 5.74) is -1.68. The van der Waals surface area contributed by atoms with E-state index in [1.165, 1.54) is 4.90 Å². The van der Waals surface area contributed by atoms with E-state index in [9.17, 15) is 9.90 Å². The fourth-order valence-corrected chi connectivity index (χ4v) is 9.74. The van der Waals surface area contributed by atoms with Crippen molar-refractivity contribution in [2.24, 2.45) is 11.8 Å². The summed E-state index contributed by atoms with van der Waals surface area (Å²) < 4.78 is 31.8. The normalized spacial score (nSPS) is 21.8. The molecule has 0 saturated carbocycles. The fraction of sp³-hybridized carbons (Fsp3) is 0.705. The number of hydrogen-bond acceptors (Lipinski definition) is 13. The molecule has 0 bridgehead atoms. The predicted octanol–water partition coefficient (Wildman–Crippen LogP) is 9.09. The van der Waals surface area contributed by atoms with Crippen molar-refractivity contribution in [1.82, 2.24) is 15.0 Å². The zero-order valence-corrected chi connectivity index (χ0v) is 39.3. The minimum atomic E-state index is -2.92. The zero-order valence-electron chi connectivity index (χ0n) is 38.3. The second-order valence-corrected chi connectivity index (χ2v) is 24.0. The lowest BCUT2D eigenvalue weighted by Crippen LogP contribution is -2.65. The van der Waals surface area contributed by atoms with Crippen LogP contribution in [0.1, 0.15) is 139 Å².